The first-order chi connectivity index (χ1) is 15.4. The monoisotopic (exact) mass is 469 g/mol. The molecule has 5 nitrogen and oxygen atoms in total. The zero-order valence-corrected chi connectivity index (χ0v) is 19.8. The van der Waals surface area contributed by atoms with Crippen molar-refractivity contribution in [2.45, 2.75) is 52.2 Å². The van der Waals surface area contributed by atoms with Gasteiger partial charge in [0.15, 0.2) is 0 Å². The Morgan fingerprint density at radius 1 is 1.09 bits per heavy atom. The Labute approximate surface area is 198 Å². The Kier molecular flexibility index (Phi) is 6.68. The van der Waals surface area contributed by atoms with Gasteiger partial charge in [0, 0.05) is 23.9 Å². The molecular weight excluding hydrogens is 445 g/mol. The number of anilines is 1. The van der Waals surface area contributed by atoms with Gasteiger partial charge in [-0.15, -0.1) is 0 Å². The van der Waals surface area contributed by atoms with Gasteiger partial charge in [0.25, 0.3) is 0 Å². The third kappa shape index (κ3) is 4.45. The molecule has 1 aromatic heterocycles. The smallest absolute Gasteiger partial charge is 0.302 e. The van der Waals surface area contributed by atoms with Crippen LogP contribution in [0.15, 0.2) is 42.5 Å². The number of rotatable bonds is 6. The maximum absolute atomic E-state index is 11.7. The van der Waals surface area contributed by atoms with Crippen LogP contribution in [0.25, 0.3) is 11.3 Å². The van der Waals surface area contributed by atoms with Gasteiger partial charge < -0.3 is 10.1 Å². The van der Waals surface area contributed by atoms with Crippen molar-refractivity contribution in [3.63, 3.8) is 0 Å². The lowest BCUT2D eigenvalue weighted by molar-refractivity contribution is -0.146. The van der Waals surface area contributed by atoms with E-state index in [4.69, 9.17) is 37.9 Å². The second kappa shape index (κ2) is 9.47. The van der Waals surface area contributed by atoms with Crippen molar-refractivity contribution in [1.29, 1.82) is 0 Å². The maximum Gasteiger partial charge on any atom is 0.302 e. The summed E-state index contributed by atoms with van der Waals surface area (Å²) in [7, 11) is 0. The molecule has 0 amide bonds. The fourth-order valence-electron chi connectivity index (χ4n) is 4.21. The largest absolute Gasteiger partial charge is 0.460 e. The minimum Gasteiger partial charge on any atom is -0.460 e. The molecule has 1 aliphatic carbocycles. The average molecular weight is 470 g/mol. The summed E-state index contributed by atoms with van der Waals surface area (Å²) in [5, 5.41) is 4.67. The van der Waals surface area contributed by atoms with Crippen molar-refractivity contribution in [1.82, 2.24) is 9.97 Å². The number of fused-ring (bicyclic) bond motifs is 1. The summed E-state index contributed by atoms with van der Waals surface area (Å²) < 4.78 is 5.65. The molecule has 0 unspecified atom stereocenters. The lowest BCUT2D eigenvalue weighted by Crippen LogP contribution is -2.27. The van der Waals surface area contributed by atoms with Gasteiger partial charge in [-0.05, 0) is 42.2 Å². The van der Waals surface area contributed by atoms with Crippen molar-refractivity contribution < 1.29 is 9.53 Å². The van der Waals surface area contributed by atoms with Crippen molar-refractivity contribution in [3.05, 3.63) is 75.0 Å². The number of carbonyl (C=O) groups excluding carboxylic acids is 1. The van der Waals surface area contributed by atoms with Crippen LogP contribution in [0.2, 0.25) is 10.0 Å². The van der Waals surface area contributed by atoms with E-state index in [0.717, 1.165) is 28.2 Å². The SMILES string of the molecule is CCc1nc(-c2ccc(Cl)cc2Cl)c(CC)nc1N[C@@H]1c2ccccc2C[C@@H]1OC(C)=O. The van der Waals surface area contributed by atoms with Gasteiger partial charge in [0.05, 0.1) is 28.1 Å². The Morgan fingerprint density at radius 2 is 1.84 bits per heavy atom. The molecule has 32 heavy (non-hydrogen) atoms. The number of nitrogens with one attached hydrogen (secondary N) is 1. The number of hydrogen-bond donors (Lipinski definition) is 1. The van der Waals surface area contributed by atoms with Crippen LogP contribution in [0.5, 0.6) is 0 Å². The summed E-state index contributed by atoms with van der Waals surface area (Å²) in [6, 6.07) is 13.4. The minimum atomic E-state index is -0.299. The number of hydrogen-bond acceptors (Lipinski definition) is 5. The molecule has 1 N–H and O–H groups in total. The number of esters is 1. The highest BCUT2D eigenvalue weighted by molar-refractivity contribution is 6.36. The van der Waals surface area contributed by atoms with E-state index in [0.29, 0.717) is 35.1 Å². The molecule has 0 saturated heterocycles. The zero-order chi connectivity index (χ0) is 22.8. The van der Waals surface area contributed by atoms with E-state index >= 15 is 0 Å². The van der Waals surface area contributed by atoms with Gasteiger partial charge in [-0.3, -0.25) is 4.79 Å². The molecular formula is C25H25Cl2N3O2. The minimum absolute atomic E-state index is 0.190. The number of aryl methyl sites for hydroxylation is 2. The van der Waals surface area contributed by atoms with Crippen LogP contribution < -0.4 is 5.32 Å². The first-order valence-electron chi connectivity index (χ1n) is 10.8. The number of halogens is 2. The van der Waals surface area contributed by atoms with Crippen LogP contribution in [-0.4, -0.2) is 22.0 Å². The molecule has 2 atom stereocenters. The fourth-order valence-corrected chi connectivity index (χ4v) is 4.71. The summed E-state index contributed by atoms with van der Waals surface area (Å²) in [4.78, 5) is 21.6. The Balaban J connectivity index is 1.75. The summed E-state index contributed by atoms with van der Waals surface area (Å²) in [6.45, 7) is 5.52. The second-order valence-corrected chi connectivity index (χ2v) is 8.66. The Bertz CT molecular complexity index is 1170. The van der Waals surface area contributed by atoms with Crippen LogP contribution in [0, 0.1) is 0 Å². The maximum atomic E-state index is 11.7. The lowest BCUT2D eigenvalue weighted by atomic mass is 10.1. The molecule has 0 aliphatic heterocycles. The van der Waals surface area contributed by atoms with Crippen LogP contribution in [-0.2, 0) is 28.8 Å². The number of carbonyl (C=O) groups is 1. The predicted molar refractivity (Wildman–Crippen MR) is 128 cm³/mol. The summed E-state index contributed by atoms with van der Waals surface area (Å²) in [5.41, 5.74) is 5.53. The van der Waals surface area contributed by atoms with Gasteiger partial charge >= 0.3 is 5.97 Å². The molecule has 0 bridgehead atoms. The second-order valence-electron chi connectivity index (χ2n) is 7.82. The topological polar surface area (TPSA) is 64.1 Å². The highest BCUT2D eigenvalue weighted by atomic mass is 35.5. The van der Waals surface area contributed by atoms with Crippen LogP contribution in [0.3, 0.4) is 0 Å². The summed E-state index contributed by atoms with van der Waals surface area (Å²) in [5.74, 6) is 0.412. The van der Waals surface area contributed by atoms with E-state index in [-0.39, 0.29) is 18.1 Å². The third-order valence-electron chi connectivity index (χ3n) is 5.69. The van der Waals surface area contributed by atoms with E-state index in [9.17, 15) is 4.79 Å². The molecule has 7 heteroatoms. The van der Waals surface area contributed by atoms with E-state index in [2.05, 4.69) is 17.4 Å². The summed E-state index contributed by atoms with van der Waals surface area (Å²) in [6.07, 6.45) is 1.74. The van der Waals surface area contributed by atoms with Crippen molar-refractivity contribution in [3.8, 4) is 11.3 Å². The van der Waals surface area contributed by atoms with Gasteiger partial charge in [0.2, 0.25) is 0 Å². The molecule has 166 valence electrons. The van der Waals surface area contributed by atoms with Gasteiger partial charge in [-0.25, -0.2) is 9.97 Å². The van der Waals surface area contributed by atoms with E-state index in [1.54, 1.807) is 12.1 Å². The number of ether oxygens (including phenoxy) is 1. The number of nitrogens with zero attached hydrogens (tertiary/aromatic N) is 2. The van der Waals surface area contributed by atoms with E-state index in [1.807, 2.05) is 32.0 Å². The highest BCUT2D eigenvalue weighted by Crippen LogP contribution is 2.37. The number of benzene rings is 2. The molecule has 3 aromatic rings. The molecule has 0 radical (unpaired) electrons. The first kappa shape index (κ1) is 22.6. The van der Waals surface area contributed by atoms with Crippen LogP contribution in [0.4, 0.5) is 5.82 Å². The van der Waals surface area contributed by atoms with Crippen molar-refractivity contribution >= 4 is 35.0 Å². The van der Waals surface area contributed by atoms with Crippen LogP contribution >= 0.6 is 23.2 Å². The van der Waals surface area contributed by atoms with Gasteiger partial charge in [-0.2, -0.15) is 0 Å². The quantitative estimate of drug-likeness (QED) is 0.434. The van der Waals surface area contributed by atoms with Gasteiger partial charge in [0.1, 0.15) is 11.9 Å². The first-order valence-corrected chi connectivity index (χ1v) is 11.5. The third-order valence-corrected chi connectivity index (χ3v) is 6.24. The predicted octanol–water partition coefficient (Wildman–Crippen LogP) is 6.22. The normalized spacial score (nSPS) is 17.2. The standard InChI is InChI=1S/C25H25Cl2N3O2/c1-4-20-23(18-11-10-16(26)13-19(18)27)28-21(5-2)25(29-20)30-24-17-9-7-6-8-15(17)12-22(24)32-14(3)31/h6-11,13,22,24H,4-5,12H2,1-3H3,(H,29,30)/t22-,24+/m0/s1. The summed E-state index contributed by atoms with van der Waals surface area (Å²) >= 11 is 12.6. The lowest BCUT2D eigenvalue weighted by Gasteiger charge is -2.24. The van der Waals surface area contributed by atoms with E-state index < -0.39 is 0 Å². The molecule has 4 rings (SSSR count). The molecule has 1 heterocycles. The highest BCUT2D eigenvalue weighted by Gasteiger charge is 2.35. The molecule has 1 aliphatic rings. The van der Waals surface area contributed by atoms with Crippen molar-refractivity contribution in [2.24, 2.45) is 0 Å². The molecule has 0 fully saturated rings. The molecule has 0 spiro atoms. The van der Waals surface area contributed by atoms with Gasteiger partial charge in [-0.1, -0.05) is 61.3 Å². The molecule has 0 saturated carbocycles. The Morgan fingerprint density at radius 3 is 2.53 bits per heavy atom. The van der Waals surface area contributed by atoms with Crippen LogP contribution in [0.1, 0.15) is 49.3 Å². The average Bonchev–Trinajstić information content (AvgIpc) is 3.10. The molecule has 2 aromatic carbocycles. The van der Waals surface area contributed by atoms with Crippen molar-refractivity contribution in [2.75, 3.05) is 5.32 Å². The Hall–Kier alpha value is -2.63. The number of aromatic nitrogens is 2. The van der Waals surface area contributed by atoms with E-state index in [1.165, 1.54) is 12.5 Å². The zero-order valence-electron chi connectivity index (χ0n) is 18.3. The fraction of sp³-hybridized carbons (Fsp3) is 0.320.